The van der Waals surface area contributed by atoms with Gasteiger partial charge in [0.05, 0.1) is 11.4 Å². The van der Waals surface area contributed by atoms with Gasteiger partial charge in [-0.15, -0.1) is 5.10 Å². The highest BCUT2D eigenvalue weighted by Gasteiger charge is 2.13. The van der Waals surface area contributed by atoms with Crippen LogP contribution in [0.5, 0.6) is 0 Å². The summed E-state index contributed by atoms with van der Waals surface area (Å²) in [5, 5.41) is 15.0. The molecule has 3 aromatic carbocycles. The van der Waals surface area contributed by atoms with Gasteiger partial charge < -0.3 is 0 Å². The fourth-order valence-electron chi connectivity index (χ4n) is 2.62. The molecule has 0 saturated heterocycles. The number of ketones is 1. The van der Waals surface area contributed by atoms with Crippen molar-refractivity contribution in [1.82, 2.24) is 20.2 Å². The summed E-state index contributed by atoms with van der Waals surface area (Å²) in [6, 6.07) is 20.9. The maximum Gasteiger partial charge on any atom is 0.214 e. The van der Waals surface area contributed by atoms with Crippen molar-refractivity contribution in [3.8, 4) is 5.69 Å². The fourth-order valence-corrected chi connectivity index (χ4v) is 3.58. The summed E-state index contributed by atoms with van der Waals surface area (Å²) in [4.78, 5) is 12.6. The Morgan fingerprint density at radius 3 is 2.69 bits per heavy atom. The molecule has 5 nitrogen and oxygen atoms in total. The topological polar surface area (TPSA) is 60.7 Å². The van der Waals surface area contributed by atoms with E-state index in [4.69, 9.17) is 11.6 Å². The lowest BCUT2D eigenvalue weighted by Gasteiger charge is -2.05. The summed E-state index contributed by atoms with van der Waals surface area (Å²) >= 11 is 7.32. The molecule has 0 spiro atoms. The third kappa shape index (κ3) is 3.47. The van der Waals surface area contributed by atoms with Crippen LogP contribution in [0.25, 0.3) is 16.5 Å². The van der Waals surface area contributed by atoms with E-state index in [1.165, 1.54) is 11.8 Å². The smallest absolute Gasteiger partial charge is 0.214 e. The number of halogens is 1. The molecule has 4 rings (SSSR count). The minimum atomic E-state index is 0.0291. The molecule has 0 atom stereocenters. The van der Waals surface area contributed by atoms with Gasteiger partial charge in [0, 0.05) is 10.6 Å². The van der Waals surface area contributed by atoms with Crippen LogP contribution in [0.4, 0.5) is 0 Å². The molecule has 0 radical (unpaired) electrons. The van der Waals surface area contributed by atoms with Crippen LogP contribution in [0.15, 0.2) is 71.9 Å². The first-order chi connectivity index (χ1) is 12.7. The van der Waals surface area contributed by atoms with Gasteiger partial charge in [0.2, 0.25) is 5.16 Å². The van der Waals surface area contributed by atoms with E-state index in [-0.39, 0.29) is 11.5 Å². The number of thioether (sulfide) groups is 1. The lowest BCUT2D eigenvalue weighted by molar-refractivity contribution is 0.102. The number of carbonyl (C=O) groups is 1. The number of hydrogen-bond donors (Lipinski definition) is 0. The lowest BCUT2D eigenvalue weighted by Crippen LogP contribution is -2.05. The van der Waals surface area contributed by atoms with Crippen LogP contribution in [0.1, 0.15) is 10.4 Å². The number of Topliss-reactive ketones (excluding diaryl/α,β-unsaturated/α-hetero) is 1. The van der Waals surface area contributed by atoms with Crippen molar-refractivity contribution >= 4 is 39.9 Å². The summed E-state index contributed by atoms with van der Waals surface area (Å²) < 4.78 is 1.57. The average Bonchev–Trinajstić information content (AvgIpc) is 3.14. The van der Waals surface area contributed by atoms with Gasteiger partial charge in [-0.2, -0.15) is 4.68 Å². The van der Waals surface area contributed by atoms with Gasteiger partial charge in [0.25, 0.3) is 0 Å². The molecule has 0 unspecified atom stereocenters. The average molecular weight is 381 g/mol. The monoisotopic (exact) mass is 380 g/mol. The van der Waals surface area contributed by atoms with Gasteiger partial charge in [0.15, 0.2) is 5.78 Å². The number of rotatable bonds is 5. The van der Waals surface area contributed by atoms with Crippen molar-refractivity contribution in [1.29, 1.82) is 0 Å². The molecule has 0 fully saturated rings. The van der Waals surface area contributed by atoms with Gasteiger partial charge in [-0.3, -0.25) is 4.79 Å². The highest BCUT2D eigenvalue weighted by atomic mass is 35.5. The van der Waals surface area contributed by atoms with Gasteiger partial charge in [0.1, 0.15) is 0 Å². The zero-order valence-electron chi connectivity index (χ0n) is 13.5. The molecule has 0 bridgehead atoms. The van der Waals surface area contributed by atoms with E-state index < -0.39 is 0 Å². The number of fused-ring (bicyclic) bond motifs is 1. The summed E-state index contributed by atoms with van der Waals surface area (Å²) in [5.74, 6) is 0.278. The summed E-state index contributed by atoms with van der Waals surface area (Å²) in [6.45, 7) is 0. The van der Waals surface area contributed by atoms with Crippen molar-refractivity contribution in [2.24, 2.45) is 0 Å². The third-order valence-corrected chi connectivity index (χ3v) is 5.05. The Morgan fingerprint density at radius 2 is 1.85 bits per heavy atom. The van der Waals surface area contributed by atoms with Crippen LogP contribution in [0.2, 0.25) is 5.02 Å². The Bertz CT molecular complexity index is 1100. The van der Waals surface area contributed by atoms with E-state index in [1.54, 1.807) is 16.8 Å². The molecule has 7 heteroatoms. The number of tetrazole rings is 1. The SMILES string of the molecule is O=C(CSc1nnnn1-c1cccc(Cl)c1)c1ccc2ccccc2c1. The van der Waals surface area contributed by atoms with E-state index in [1.807, 2.05) is 54.6 Å². The summed E-state index contributed by atoms with van der Waals surface area (Å²) in [6.07, 6.45) is 0. The van der Waals surface area contributed by atoms with Crippen LogP contribution < -0.4 is 0 Å². The third-order valence-electron chi connectivity index (χ3n) is 3.90. The van der Waals surface area contributed by atoms with Gasteiger partial charge in [-0.05, 0) is 45.5 Å². The molecule has 0 aliphatic carbocycles. The Labute approximate surface area is 159 Å². The number of aromatic nitrogens is 4. The molecule has 0 aliphatic rings. The Balaban J connectivity index is 1.52. The predicted octanol–water partition coefficient (Wildman–Crippen LogP) is 4.44. The maximum absolute atomic E-state index is 12.6. The molecule has 4 aromatic rings. The van der Waals surface area contributed by atoms with Crippen LogP contribution in [-0.2, 0) is 0 Å². The zero-order chi connectivity index (χ0) is 17.9. The highest BCUT2D eigenvalue weighted by molar-refractivity contribution is 7.99. The molecule has 1 heterocycles. The molecule has 0 amide bonds. The number of nitrogens with zero attached hydrogens (tertiary/aromatic N) is 4. The number of benzene rings is 3. The van der Waals surface area contributed by atoms with Crippen LogP contribution in [-0.4, -0.2) is 31.7 Å². The maximum atomic E-state index is 12.6. The minimum absolute atomic E-state index is 0.0291. The lowest BCUT2D eigenvalue weighted by atomic mass is 10.1. The first kappa shape index (κ1) is 16.8. The van der Waals surface area contributed by atoms with E-state index in [0.717, 1.165) is 16.5 Å². The molecule has 0 saturated carbocycles. The van der Waals surface area contributed by atoms with Crippen LogP contribution in [0.3, 0.4) is 0 Å². The van der Waals surface area contributed by atoms with Gasteiger partial charge >= 0.3 is 0 Å². The van der Waals surface area contributed by atoms with Crippen molar-refractivity contribution < 1.29 is 4.79 Å². The largest absolute Gasteiger partial charge is 0.293 e. The highest BCUT2D eigenvalue weighted by Crippen LogP contribution is 2.22. The first-order valence-corrected chi connectivity index (χ1v) is 9.26. The summed E-state index contributed by atoms with van der Waals surface area (Å²) in [5.41, 5.74) is 1.43. The molecule has 26 heavy (non-hydrogen) atoms. The molecule has 128 valence electrons. The molecular weight excluding hydrogens is 368 g/mol. The van der Waals surface area contributed by atoms with E-state index >= 15 is 0 Å². The van der Waals surface area contributed by atoms with Crippen molar-refractivity contribution in [3.63, 3.8) is 0 Å². The minimum Gasteiger partial charge on any atom is -0.293 e. The first-order valence-electron chi connectivity index (χ1n) is 7.90. The van der Waals surface area contributed by atoms with Crippen LogP contribution >= 0.6 is 23.4 Å². The molecular formula is C19H13ClN4OS. The van der Waals surface area contributed by atoms with Gasteiger partial charge in [-0.25, -0.2) is 0 Å². The Kier molecular flexibility index (Phi) is 4.69. The second kappa shape index (κ2) is 7.27. The van der Waals surface area contributed by atoms with Crippen molar-refractivity contribution in [2.45, 2.75) is 5.16 Å². The Hall–Kier alpha value is -2.70. The van der Waals surface area contributed by atoms with E-state index in [0.29, 0.717) is 15.7 Å². The molecule has 1 aromatic heterocycles. The predicted molar refractivity (Wildman–Crippen MR) is 103 cm³/mol. The van der Waals surface area contributed by atoms with E-state index in [9.17, 15) is 4.79 Å². The zero-order valence-corrected chi connectivity index (χ0v) is 15.1. The molecule has 0 N–H and O–H groups in total. The fraction of sp³-hybridized carbons (Fsp3) is 0.0526. The second-order valence-corrected chi connectivity index (χ2v) is 7.01. The van der Waals surface area contributed by atoms with Crippen molar-refractivity contribution in [2.75, 3.05) is 5.75 Å². The summed E-state index contributed by atoms with van der Waals surface area (Å²) in [7, 11) is 0. The van der Waals surface area contributed by atoms with Crippen molar-refractivity contribution in [3.05, 3.63) is 77.3 Å². The number of carbonyl (C=O) groups excluding carboxylic acids is 1. The van der Waals surface area contributed by atoms with E-state index in [2.05, 4.69) is 15.5 Å². The standard InChI is InChI=1S/C19H13ClN4OS/c20-16-6-3-7-17(11-16)24-19(21-22-23-24)26-12-18(25)15-9-8-13-4-1-2-5-14(13)10-15/h1-11H,12H2. The van der Waals surface area contributed by atoms with Gasteiger partial charge in [-0.1, -0.05) is 65.8 Å². The second-order valence-electron chi connectivity index (χ2n) is 5.63. The molecule has 0 aliphatic heterocycles. The quantitative estimate of drug-likeness (QED) is 0.378. The Morgan fingerprint density at radius 1 is 1.00 bits per heavy atom. The van der Waals surface area contributed by atoms with Crippen LogP contribution in [0, 0.1) is 0 Å². The number of hydrogen-bond acceptors (Lipinski definition) is 5. The normalized spacial score (nSPS) is 11.0.